The van der Waals surface area contributed by atoms with Gasteiger partial charge in [0.1, 0.15) is 0 Å². The third-order valence-electron chi connectivity index (χ3n) is 6.59. The van der Waals surface area contributed by atoms with Crippen molar-refractivity contribution in [1.82, 2.24) is 26.2 Å². The van der Waals surface area contributed by atoms with Gasteiger partial charge in [-0.15, -0.1) is 0 Å². The number of nitrogens with zero attached hydrogens (tertiary/aromatic N) is 1. The van der Waals surface area contributed by atoms with Crippen LogP contribution < -0.4 is 21.3 Å². The molecule has 0 unspecified atom stereocenters. The molecule has 3 atom stereocenters. The Morgan fingerprint density at radius 3 is 2.19 bits per heavy atom. The van der Waals surface area contributed by atoms with Crippen LogP contribution in [0.25, 0.3) is 0 Å². The molecule has 0 bridgehead atoms. The smallest absolute Gasteiger partial charge is 0.320 e. The minimum atomic E-state index is -0.192. The number of carbonyl (C=O) groups excluding carboxylic acids is 4. The number of rotatable bonds is 20. The molecule has 0 spiro atoms. The third kappa shape index (κ3) is 13.9. The normalized spacial score (nSPS) is 20.3. The number of unbranched alkanes of at least 4 members (excludes halogenated alkanes) is 6. The van der Waals surface area contributed by atoms with Crippen LogP contribution >= 0.6 is 11.8 Å². The van der Waals surface area contributed by atoms with Crippen LogP contribution in [0.5, 0.6) is 0 Å². The van der Waals surface area contributed by atoms with Crippen LogP contribution in [0.2, 0.25) is 0 Å². The first-order valence-corrected chi connectivity index (χ1v) is 14.9. The molecule has 2 rings (SSSR count). The molecule has 2 aliphatic heterocycles. The molecule has 0 saturated carbocycles. The van der Waals surface area contributed by atoms with Gasteiger partial charge in [0.15, 0.2) is 0 Å². The number of hydrogen-bond acceptors (Lipinski definition) is 7. The van der Waals surface area contributed by atoms with Crippen molar-refractivity contribution < 1.29 is 23.9 Å². The second-order valence-corrected chi connectivity index (χ2v) is 11.5. The largest absolute Gasteiger partial charge is 0.465 e. The summed E-state index contributed by atoms with van der Waals surface area (Å²) < 4.78 is 5.15. The van der Waals surface area contributed by atoms with E-state index in [0.29, 0.717) is 44.3 Å². The van der Waals surface area contributed by atoms with E-state index in [9.17, 15) is 19.2 Å². The maximum atomic E-state index is 12.0. The van der Waals surface area contributed by atoms with Crippen molar-refractivity contribution in [2.75, 3.05) is 46.1 Å². The lowest BCUT2D eigenvalue weighted by molar-refractivity contribution is -0.144. The standard InChI is InChI=1S/C26H47N5O5S/c1-31(2)18-24(34)36-17-11-4-3-9-15-27-22(32)13-6-5-10-16-28-23(33)14-8-7-12-21-25-20(19-37-21)29-26(35)30-25/h20-21,25H,3-19H2,1-2H3,(H,27,32)(H,28,33)(H2,29,30,35)/t20-,21-,25-/m0/s1. The second kappa shape index (κ2) is 18.3. The average molecular weight is 542 g/mol. The topological polar surface area (TPSA) is 129 Å². The van der Waals surface area contributed by atoms with E-state index in [2.05, 4.69) is 21.3 Å². The Hall–Kier alpha value is -2.01. The van der Waals surface area contributed by atoms with Crippen LogP contribution in [0.3, 0.4) is 0 Å². The number of urea groups is 1. The minimum Gasteiger partial charge on any atom is -0.465 e. The zero-order valence-electron chi connectivity index (χ0n) is 22.6. The van der Waals surface area contributed by atoms with E-state index in [0.717, 1.165) is 70.0 Å². The maximum absolute atomic E-state index is 12.0. The molecule has 2 fully saturated rings. The first-order valence-electron chi connectivity index (χ1n) is 13.9. The van der Waals surface area contributed by atoms with E-state index in [1.54, 1.807) is 4.90 Å². The third-order valence-corrected chi connectivity index (χ3v) is 8.09. The van der Waals surface area contributed by atoms with Crippen molar-refractivity contribution in [2.24, 2.45) is 0 Å². The van der Waals surface area contributed by atoms with Crippen LogP contribution in [-0.2, 0) is 19.1 Å². The van der Waals surface area contributed by atoms with Gasteiger partial charge in [-0.3, -0.25) is 19.3 Å². The summed E-state index contributed by atoms with van der Waals surface area (Å²) in [5, 5.41) is 12.3. The molecule has 0 aromatic heterocycles. The van der Waals surface area contributed by atoms with Crippen molar-refractivity contribution in [3.05, 3.63) is 0 Å². The highest BCUT2D eigenvalue weighted by molar-refractivity contribution is 8.00. The fraction of sp³-hybridized carbons (Fsp3) is 0.846. The Labute approximate surface area is 226 Å². The molecule has 0 aromatic rings. The summed E-state index contributed by atoms with van der Waals surface area (Å²) in [5.41, 5.74) is 0. The highest BCUT2D eigenvalue weighted by Crippen LogP contribution is 2.33. The van der Waals surface area contributed by atoms with Crippen LogP contribution in [0, 0.1) is 0 Å². The van der Waals surface area contributed by atoms with E-state index in [4.69, 9.17) is 4.74 Å². The zero-order valence-corrected chi connectivity index (χ0v) is 23.5. The first kappa shape index (κ1) is 31.2. The zero-order chi connectivity index (χ0) is 26.9. The van der Waals surface area contributed by atoms with Crippen LogP contribution in [0.1, 0.15) is 77.0 Å². The van der Waals surface area contributed by atoms with Gasteiger partial charge in [-0.25, -0.2) is 4.79 Å². The summed E-state index contributed by atoms with van der Waals surface area (Å²) >= 11 is 1.91. The van der Waals surface area contributed by atoms with Crippen LogP contribution in [0.15, 0.2) is 0 Å². The fourth-order valence-corrected chi connectivity index (χ4v) is 6.11. The van der Waals surface area contributed by atoms with Gasteiger partial charge >= 0.3 is 12.0 Å². The van der Waals surface area contributed by atoms with Crippen molar-refractivity contribution in [2.45, 2.75) is 94.4 Å². The summed E-state index contributed by atoms with van der Waals surface area (Å²) in [6.45, 7) is 2.11. The number of hydrogen-bond donors (Lipinski definition) is 4. The predicted molar refractivity (Wildman–Crippen MR) is 146 cm³/mol. The fourth-order valence-electron chi connectivity index (χ4n) is 4.56. The molecule has 0 aromatic carbocycles. The number of fused-ring (bicyclic) bond motifs is 1. The Kier molecular flexibility index (Phi) is 15.4. The molecule has 11 heteroatoms. The highest BCUT2D eigenvalue weighted by Gasteiger charge is 2.42. The number of amides is 4. The Morgan fingerprint density at radius 1 is 0.892 bits per heavy atom. The van der Waals surface area contributed by atoms with Gasteiger partial charge in [-0.05, 0) is 59.0 Å². The summed E-state index contributed by atoms with van der Waals surface area (Å²) in [7, 11) is 3.67. The van der Waals surface area contributed by atoms with E-state index in [-0.39, 0.29) is 35.9 Å². The molecule has 4 N–H and O–H groups in total. The van der Waals surface area contributed by atoms with Crippen LogP contribution in [0.4, 0.5) is 4.79 Å². The van der Waals surface area contributed by atoms with E-state index < -0.39 is 0 Å². The highest BCUT2D eigenvalue weighted by atomic mass is 32.2. The molecular weight excluding hydrogens is 494 g/mol. The molecule has 2 heterocycles. The van der Waals surface area contributed by atoms with Crippen LogP contribution in [-0.4, -0.2) is 92.1 Å². The van der Waals surface area contributed by atoms with Crippen molar-refractivity contribution in [1.29, 1.82) is 0 Å². The van der Waals surface area contributed by atoms with Gasteiger partial charge in [0.05, 0.1) is 25.2 Å². The lowest BCUT2D eigenvalue weighted by atomic mass is 10.0. The quantitative estimate of drug-likeness (QED) is 0.106. The van der Waals surface area contributed by atoms with E-state index in [1.165, 1.54) is 0 Å². The Balaban J connectivity index is 1.31. The minimum absolute atomic E-state index is 0.0550. The molecular formula is C26H47N5O5S. The molecule has 2 saturated heterocycles. The van der Waals surface area contributed by atoms with Gasteiger partial charge in [-0.1, -0.05) is 19.3 Å². The van der Waals surface area contributed by atoms with E-state index >= 15 is 0 Å². The molecule has 0 aliphatic carbocycles. The average Bonchev–Trinajstić information content (AvgIpc) is 3.39. The van der Waals surface area contributed by atoms with Gasteiger partial charge < -0.3 is 26.0 Å². The number of esters is 1. The van der Waals surface area contributed by atoms with Gasteiger partial charge in [0.25, 0.3) is 0 Å². The van der Waals surface area contributed by atoms with E-state index in [1.807, 2.05) is 25.9 Å². The SMILES string of the molecule is CN(C)CC(=O)OCCCCCCNC(=O)CCCCCNC(=O)CCCC[C@@H]1SC[C@@H]2NC(=O)N[C@@H]21. The van der Waals surface area contributed by atoms with Gasteiger partial charge in [-0.2, -0.15) is 11.8 Å². The summed E-state index contributed by atoms with van der Waals surface area (Å²) in [4.78, 5) is 48.6. The van der Waals surface area contributed by atoms with Gasteiger partial charge in [0.2, 0.25) is 11.8 Å². The maximum Gasteiger partial charge on any atom is 0.320 e. The predicted octanol–water partition coefficient (Wildman–Crippen LogP) is 2.17. The molecule has 4 amide bonds. The summed E-state index contributed by atoms with van der Waals surface area (Å²) in [6, 6.07) is 0.433. The summed E-state index contributed by atoms with van der Waals surface area (Å²) in [5.74, 6) is 0.955. The lowest BCUT2D eigenvalue weighted by Gasteiger charge is -2.16. The number of ether oxygens (including phenoxy) is 1. The molecule has 37 heavy (non-hydrogen) atoms. The number of thioether (sulfide) groups is 1. The summed E-state index contributed by atoms with van der Waals surface area (Å²) in [6.07, 6.45) is 10.3. The molecule has 212 valence electrons. The van der Waals surface area contributed by atoms with Crippen molar-refractivity contribution >= 4 is 35.6 Å². The molecule has 0 radical (unpaired) electrons. The monoisotopic (exact) mass is 541 g/mol. The van der Waals surface area contributed by atoms with Crippen molar-refractivity contribution in [3.8, 4) is 0 Å². The molecule has 10 nitrogen and oxygen atoms in total. The van der Waals surface area contributed by atoms with Gasteiger partial charge in [0, 0.05) is 36.9 Å². The second-order valence-electron chi connectivity index (χ2n) is 10.3. The Morgan fingerprint density at radius 2 is 1.51 bits per heavy atom. The first-order chi connectivity index (χ1) is 17.8. The number of likely N-dealkylation sites (N-methyl/N-ethyl adjacent to an activating group) is 1. The molecule has 2 aliphatic rings. The van der Waals surface area contributed by atoms with Crippen molar-refractivity contribution in [3.63, 3.8) is 0 Å². The lowest BCUT2D eigenvalue weighted by Crippen LogP contribution is -2.36. The number of nitrogens with one attached hydrogen (secondary N) is 4. The number of carbonyl (C=O) groups is 4. The Bertz CT molecular complexity index is 723.